The first-order valence-corrected chi connectivity index (χ1v) is 13.5. The topological polar surface area (TPSA) is 55.9 Å². The normalized spacial score (nSPS) is 39.6. The molecule has 2 heterocycles. The minimum absolute atomic E-state index is 0.0927. The molecule has 4 atom stereocenters. The molecule has 0 aromatic rings. The molecule has 5 aliphatic rings. The molecule has 1 N–H and O–H groups in total. The van der Waals surface area contributed by atoms with Crippen molar-refractivity contribution in [3.8, 4) is 0 Å². The fourth-order valence-electron chi connectivity index (χ4n) is 7.40. The van der Waals surface area contributed by atoms with E-state index < -0.39 is 0 Å². The van der Waals surface area contributed by atoms with Gasteiger partial charge in [-0.3, -0.25) is 15.0 Å². The van der Waals surface area contributed by atoms with Crippen LogP contribution in [0, 0.1) is 29.1 Å². The standard InChI is InChI=1S/C26H44N4O2/c1-4-22-21-10-9-20(17-23(21)28(3)27-22)18-5-7-19(8-6-18)24(31)29-13-15-30(16-14-29)25(32)26(2)11-12-26/h18-23,27H,4-17H2,1-3H3. The maximum atomic E-state index is 13.2. The fraction of sp³-hybridized carbons (Fsp3) is 0.923. The van der Waals surface area contributed by atoms with Gasteiger partial charge in [-0.1, -0.05) is 13.8 Å². The van der Waals surface area contributed by atoms with Gasteiger partial charge in [0, 0.05) is 56.6 Å². The number of nitrogens with zero attached hydrogens (tertiary/aromatic N) is 3. The highest BCUT2D eigenvalue weighted by Gasteiger charge is 2.48. The highest BCUT2D eigenvalue weighted by Crippen LogP contribution is 2.47. The summed E-state index contributed by atoms with van der Waals surface area (Å²) < 4.78 is 0. The van der Waals surface area contributed by atoms with Crippen molar-refractivity contribution in [2.75, 3.05) is 33.2 Å². The van der Waals surface area contributed by atoms with E-state index in [1.807, 2.05) is 4.90 Å². The SMILES string of the molecule is CCC1NN(C)C2CC(C3CCC(C(=O)N4CCN(C(=O)C5(C)CC5)CC4)CC3)CCC12. The van der Waals surface area contributed by atoms with Crippen molar-refractivity contribution in [2.45, 2.75) is 90.1 Å². The molecule has 0 radical (unpaired) electrons. The lowest BCUT2D eigenvalue weighted by Crippen LogP contribution is -2.53. The van der Waals surface area contributed by atoms with Crippen molar-refractivity contribution < 1.29 is 9.59 Å². The number of hydrazine groups is 1. The fourth-order valence-corrected chi connectivity index (χ4v) is 7.40. The van der Waals surface area contributed by atoms with Gasteiger partial charge in [0.05, 0.1) is 0 Å². The number of carbonyl (C=O) groups is 2. The highest BCUT2D eigenvalue weighted by molar-refractivity contribution is 5.85. The average Bonchev–Trinajstić information content (AvgIpc) is 3.51. The third kappa shape index (κ3) is 4.22. The van der Waals surface area contributed by atoms with Crippen LogP contribution in [0.2, 0.25) is 0 Å². The van der Waals surface area contributed by atoms with Gasteiger partial charge in [0.15, 0.2) is 0 Å². The molecule has 4 unspecified atom stereocenters. The van der Waals surface area contributed by atoms with Crippen LogP contribution >= 0.6 is 0 Å². The molecule has 5 fully saturated rings. The minimum Gasteiger partial charge on any atom is -0.339 e. The quantitative estimate of drug-likeness (QED) is 0.723. The van der Waals surface area contributed by atoms with E-state index in [-0.39, 0.29) is 11.3 Å². The minimum atomic E-state index is -0.0927. The lowest BCUT2D eigenvalue weighted by molar-refractivity contribution is -0.145. The molecule has 2 aliphatic heterocycles. The second-order valence-corrected chi connectivity index (χ2v) is 11.8. The van der Waals surface area contributed by atoms with Crippen LogP contribution in [0.3, 0.4) is 0 Å². The summed E-state index contributed by atoms with van der Waals surface area (Å²) >= 11 is 0. The molecule has 32 heavy (non-hydrogen) atoms. The molecule has 5 rings (SSSR count). The average molecular weight is 445 g/mol. The van der Waals surface area contributed by atoms with Crippen molar-refractivity contribution >= 4 is 11.8 Å². The molecular formula is C26H44N4O2. The van der Waals surface area contributed by atoms with Crippen molar-refractivity contribution in [3.63, 3.8) is 0 Å². The number of piperazine rings is 1. The predicted octanol–water partition coefficient (Wildman–Crippen LogP) is 3.28. The lowest BCUT2D eigenvalue weighted by Gasteiger charge is -2.42. The lowest BCUT2D eigenvalue weighted by atomic mass is 9.66. The van der Waals surface area contributed by atoms with E-state index in [0.29, 0.717) is 23.9 Å². The summed E-state index contributed by atoms with van der Waals surface area (Å²) in [5.74, 6) is 3.36. The molecule has 0 bridgehead atoms. The monoisotopic (exact) mass is 444 g/mol. The molecule has 2 saturated heterocycles. The summed E-state index contributed by atoms with van der Waals surface area (Å²) in [5.41, 5.74) is 3.61. The van der Waals surface area contributed by atoms with Crippen molar-refractivity contribution in [1.29, 1.82) is 0 Å². The first-order chi connectivity index (χ1) is 15.4. The number of fused-ring (bicyclic) bond motifs is 1. The van der Waals surface area contributed by atoms with Crippen LogP contribution in [0.1, 0.15) is 78.1 Å². The first kappa shape index (κ1) is 22.6. The van der Waals surface area contributed by atoms with Gasteiger partial charge in [0.25, 0.3) is 0 Å². The van der Waals surface area contributed by atoms with Crippen LogP contribution in [0.15, 0.2) is 0 Å². The Morgan fingerprint density at radius 2 is 1.53 bits per heavy atom. The summed E-state index contributed by atoms with van der Waals surface area (Å²) in [4.78, 5) is 29.8. The number of hydrogen-bond donors (Lipinski definition) is 1. The van der Waals surface area contributed by atoms with Crippen LogP contribution in [0.25, 0.3) is 0 Å². The number of hydrogen-bond acceptors (Lipinski definition) is 4. The second kappa shape index (κ2) is 8.90. The summed E-state index contributed by atoms with van der Waals surface area (Å²) in [6.45, 7) is 7.29. The van der Waals surface area contributed by atoms with Gasteiger partial charge < -0.3 is 9.80 Å². The van der Waals surface area contributed by atoms with Crippen molar-refractivity contribution in [2.24, 2.45) is 29.1 Å². The Morgan fingerprint density at radius 1 is 0.906 bits per heavy atom. The van der Waals surface area contributed by atoms with Crippen LogP contribution in [-0.4, -0.2) is 71.9 Å². The van der Waals surface area contributed by atoms with Gasteiger partial charge in [0.1, 0.15) is 0 Å². The molecule has 3 saturated carbocycles. The van der Waals surface area contributed by atoms with Gasteiger partial charge >= 0.3 is 0 Å². The van der Waals surface area contributed by atoms with Crippen LogP contribution < -0.4 is 5.43 Å². The molecule has 3 aliphatic carbocycles. The van der Waals surface area contributed by atoms with E-state index in [1.165, 1.54) is 38.5 Å². The van der Waals surface area contributed by atoms with E-state index in [0.717, 1.165) is 69.6 Å². The Hall–Kier alpha value is -1.14. The zero-order valence-corrected chi connectivity index (χ0v) is 20.5. The molecule has 0 spiro atoms. The van der Waals surface area contributed by atoms with Crippen LogP contribution in [-0.2, 0) is 9.59 Å². The Balaban J connectivity index is 1.08. The Morgan fingerprint density at radius 3 is 2.16 bits per heavy atom. The molecule has 0 aromatic carbocycles. The summed E-state index contributed by atoms with van der Waals surface area (Å²) in [6.07, 6.45) is 12.0. The van der Waals surface area contributed by atoms with Gasteiger partial charge in [-0.05, 0) is 82.0 Å². The maximum Gasteiger partial charge on any atom is 0.228 e. The molecule has 0 aromatic heterocycles. The molecule has 6 nitrogen and oxygen atoms in total. The van der Waals surface area contributed by atoms with Crippen molar-refractivity contribution in [3.05, 3.63) is 0 Å². The number of rotatable bonds is 4. The third-order valence-electron chi connectivity index (χ3n) is 9.92. The first-order valence-electron chi connectivity index (χ1n) is 13.5. The summed E-state index contributed by atoms with van der Waals surface area (Å²) in [5, 5.41) is 2.41. The molecule has 180 valence electrons. The van der Waals surface area contributed by atoms with Gasteiger partial charge in [0.2, 0.25) is 11.8 Å². The van der Waals surface area contributed by atoms with Gasteiger partial charge in [-0.2, -0.15) is 0 Å². The van der Waals surface area contributed by atoms with E-state index >= 15 is 0 Å². The molecule has 6 heteroatoms. The Bertz CT molecular complexity index is 707. The van der Waals surface area contributed by atoms with Crippen LogP contribution in [0.5, 0.6) is 0 Å². The van der Waals surface area contributed by atoms with Gasteiger partial charge in [-0.25, -0.2) is 5.01 Å². The number of nitrogens with one attached hydrogen (secondary N) is 1. The second-order valence-electron chi connectivity index (χ2n) is 11.8. The summed E-state index contributed by atoms with van der Waals surface area (Å²) in [7, 11) is 2.24. The largest absolute Gasteiger partial charge is 0.339 e. The maximum absolute atomic E-state index is 13.2. The smallest absolute Gasteiger partial charge is 0.228 e. The van der Waals surface area contributed by atoms with E-state index in [1.54, 1.807) is 0 Å². The van der Waals surface area contributed by atoms with E-state index in [9.17, 15) is 9.59 Å². The zero-order valence-electron chi connectivity index (χ0n) is 20.5. The Labute approximate surface area is 194 Å². The third-order valence-corrected chi connectivity index (χ3v) is 9.92. The highest BCUT2D eigenvalue weighted by atomic mass is 16.2. The number of carbonyl (C=O) groups excluding carboxylic acids is 2. The zero-order chi connectivity index (χ0) is 22.5. The Kier molecular flexibility index (Phi) is 6.30. The molecular weight excluding hydrogens is 400 g/mol. The van der Waals surface area contributed by atoms with Crippen LogP contribution in [0.4, 0.5) is 0 Å². The van der Waals surface area contributed by atoms with E-state index in [2.05, 4.69) is 36.2 Å². The van der Waals surface area contributed by atoms with Gasteiger partial charge in [-0.15, -0.1) is 0 Å². The summed E-state index contributed by atoms with van der Waals surface area (Å²) in [6, 6.07) is 1.37. The number of amides is 2. The van der Waals surface area contributed by atoms with E-state index in [4.69, 9.17) is 0 Å². The predicted molar refractivity (Wildman–Crippen MR) is 126 cm³/mol. The van der Waals surface area contributed by atoms with Crippen molar-refractivity contribution in [1.82, 2.24) is 20.2 Å². The molecule has 2 amide bonds.